The molecular formula is C11H10N2O. The third kappa shape index (κ3) is 0.902. The van der Waals surface area contributed by atoms with Crippen molar-refractivity contribution in [2.24, 2.45) is 9.98 Å². The molecular weight excluding hydrogens is 176 g/mol. The van der Waals surface area contributed by atoms with Crippen molar-refractivity contribution in [2.75, 3.05) is 13.2 Å². The quantitative estimate of drug-likeness (QED) is 0.561. The van der Waals surface area contributed by atoms with Crippen molar-refractivity contribution in [1.29, 1.82) is 0 Å². The summed E-state index contributed by atoms with van der Waals surface area (Å²) in [6.07, 6.45) is 11.7. The van der Waals surface area contributed by atoms with E-state index in [0.717, 1.165) is 17.8 Å². The van der Waals surface area contributed by atoms with E-state index in [9.17, 15) is 0 Å². The van der Waals surface area contributed by atoms with Gasteiger partial charge in [0, 0.05) is 11.8 Å². The molecule has 3 aliphatic rings. The predicted molar refractivity (Wildman–Crippen MR) is 55.8 cm³/mol. The van der Waals surface area contributed by atoms with E-state index in [0.29, 0.717) is 6.61 Å². The van der Waals surface area contributed by atoms with Gasteiger partial charge in [0.2, 0.25) is 5.72 Å². The fourth-order valence-corrected chi connectivity index (χ4v) is 1.93. The van der Waals surface area contributed by atoms with Crippen molar-refractivity contribution in [1.82, 2.24) is 0 Å². The summed E-state index contributed by atoms with van der Waals surface area (Å²) in [5.74, 6) is 0. The van der Waals surface area contributed by atoms with Gasteiger partial charge in [0.05, 0.1) is 18.9 Å². The minimum Gasteiger partial charge on any atom is -0.343 e. The van der Waals surface area contributed by atoms with Crippen LogP contribution >= 0.6 is 0 Å². The van der Waals surface area contributed by atoms with Gasteiger partial charge in [-0.2, -0.15) is 0 Å². The molecule has 0 saturated carbocycles. The Balaban J connectivity index is 2.20. The second kappa shape index (κ2) is 2.75. The van der Waals surface area contributed by atoms with Crippen molar-refractivity contribution < 1.29 is 4.74 Å². The number of ether oxygens (including phenoxy) is 1. The van der Waals surface area contributed by atoms with Crippen LogP contribution in [0.5, 0.6) is 0 Å². The van der Waals surface area contributed by atoms with Crippen LogP contribution in [-0.2, 0) is 4.74 Å². The Bertz CT molecular complexity index is 415. The fraction of sp³-hybridized carbons (Fsp3) is 0.273. The summed E-state index contributed by atoms with van der Waals surface area (Å²) >= 11 is 0. The van der Waals surface area contributed by atoms with Gasteiger partial charge in [0.1, 0.15) is 0 Å². The van der Waals surface area contributed by atoms with Gasteiger partial charge in [-0.25, -0.2) is 4.99 Å². The number of nitrogens with zero attached hydrogens (tertiary/aromatic N) is 2. The maximum absolute atomic E-state index is 5.77. The van der Waals surface area contributed by atoms with Gasteiger partial charge in [-0.15, -0.1) is 0 Å². The fourth-order valence-electron chi connectivity index (χ4n) is 1.93. The van der Waals surface area contributed by atoms with Crippen LogP contribution in [0.3, 0.4) is 0 Å². The predicted octanol–water partition coefficient (Wildman–Crippen LogP) is 1.29. The standard InChI is InChI=1S/C11H10N2O/c1-3-9-4-2-6-13-11(9)10(5-1)12-7-8-14-11/h1-6H,7-8H2. The molecule has 0 fully saturated rings. The zero-order valence-electron chi connectivity index (χ0n) is 7.68. The Morgan fingerprint density at radius 1 is 1.29 bits per heavy atom. The van der Waals surface area contributed by atoms with E-state index in [1.807, 2.05) is 30.4 Å². The molecule has 2 heterocycles. The Hall–Kier alpha value is -1.48. The van der Waals surface area contributed by atoms with Crippen LogP contribution in [0.2, 0.25) is 0 Å². The molecule has 14 heavy (non-hydrogen) atoms. The SMILES string of the molecule is C1=CC2=CC=CC3=NCCOC23N=C1. The third-order valence-electron chi connectivity index (χ3n) is 2.57. The summed E-state index contributed by atoms with van der Waals surface area (Å²) in [4.78, 5) is 8.86. The molecule has 1 aliphatic carbocycles. The minimum absolute atomic E-state index is 0.623. The van der Waals surface area contributed by atoms with Gasteiger partial charge >= 0.3 is 0 Å². The maximum Gasteiger partial charge on any atom is 0.228 e. The highest BCUT2D eigenvalue weighted by Gasteiger charge is 2.41. The zero-order chi connectivity index (χ0) is 9.43. The number of hydrogen-bond donors (Lipinski definition) is 0. The van der Waals surface area contributed by atoms with Crippen LogP contribution in [0.4, 0.5) is 0 Å². The second-order valence-corrected chi connectivity index (χ2v) is 3.38. The molecule has 0 radical (unpaired) electrons. The molecule has 3 nitrogen and oxygen atoms in total. The van der Waals surface area contributed by atoms with Gasteiger partial charge in [0.25, 0.3) is 0 Å². The van der Waals surface area contributed by atoms with E-state index in [1.54, 1.807) is 6.21 Å². The van der Waals surface area contributed by atoms with E-state index in [2.05, 4.69) is 9.98 Å². The van der Waals surface area contributed by atoms with Crippen LogP contribution in [0.15, 0.2) is 45.9 Å². The monoisotopic (exact) mass is 186 g/mol. The zero-order valence-corrected chi connectivity index (χ0v) is 7.68. The summed E-state index contributed by atoms with van der Waals surface area (Å²) in [5, 5.41) is 0. The van der Waals surface area contributed by atoms with Gasteiger partial charge in [-0.3, -0.25) is 4.99 Å². The van der Waals surface area contributed by atoms with Crippen LogP contribution in [0.1, 0.15) is 0 Å². The molecule has 1 spiro atoms. The van der Waals surface area contributed by atoms with Crippen molar-refractivity contribution in [3.63, 3.8) is 0 Å². The maximum atomic E-state index is 5.77. The van der Waals surface area contributed by atoms with Gasteiger partial charge in [0.15, 0.2) is 0 Å². The summed E-state index contributed by atoms with van der Waals surface area (Å²) in [7, 11) is 0. The first-order valence-corrected chi connectivity index (χ1v) is 4.71. The van der Waals surface area contributed by atoms with E-state index >= 15 is 0 Å². The molecule has 1 unspecified atom stereocenters. The molecule has 0 bridgehead atoms. The average molecular weight is 186 g/mol. The molecule has 0 aromatic heterocycles. The van der Waals surface area contributed by atoms with Gasteiger partial charge in [-0.05, 0) is 12.2 Å². The third-order valence-corrected chi connectivity index (χ3v) is 2.57. The summed E-state index contributed by atoms with van der Waals surface area (Å²) in [6.45, 7) is 1.37. The second-order valence-electron chi connectivity index (χ2n) is 3.38. The first-order chi connectivity index (χ1) is 6.92. The lowest BCUT2D eigenvalue weighted by Gasteiger charge is -2.36. The van der Waals surface area contributed by atoms with Crippen LogP contribution in [0.25, 0.3) is 0 Å². The molecule has 0 amide bonds. The van der Waals surface area contributed by atoms with Gasteiger partial charge < -0.3 is 4.74 Å². The van der Waals surface area contributed by atoms with E-state index < -0.39 is 5.72 Å². The van der Waals surface area contributed by atoms with Crippen molar-refractivity contribution in [2.45, 2.75) is 5.72 Å². The molecule has 3 heteroatoms. The molecule has 1 atom stereocenters. The van der Waals surface area contributed by atoms with Crippen molar-refractivity contribution >= 4 is 11.9 Å². The molecule has 3 rings (SSSR count). The minimum atomic E-state index is -0.623. The lowest BCUT2D eigenvalue weighted by atomic mass is 9.90. The lowest BCUT2D eigenvalue weighted by molar-refractivity contribution is 0.0397. The first-order valence-electron chi connectivity index (χ1n) is 4.71. The summed E-state index contributed by atoms with van der Waals surface area (Å²) in [5.41, 5.74) is 1.37. The Kier molecular flexibility index (Phi) is 1.55. The summed E-state index contributed by atoms with van der Waals surface area (Å²) in [6, 6.07) is 0. The Morgan fingerprint density at radius 2 is 2.29 bits per heavy atom. The Labute approximate surface area is 82.2 Å². The smallest absolute Gasteiger partial charge is 0.228 e. The number of rotatable bonds is 0. The van der Waals surface area contributed by atoms with Gasteiger partial charge in [-0.1, -0.05) is 18.2 Å². The van der Waals surface area contributed by atoms with Crippen LogP contribution < -0.4 is 0 Å². The van der Waals surface area contributed by atoms with Crippen molar-refractivity contribution in [3.05, 3.63) is 36.0 Å². The van der Waals surface area contributed by atoms with Crippen molar-refractivity contribution in [3.8, 4) is 0 Å². The Morgan fingerprint density at radius 3 is 3.29 bits per heavy atom. The highest BCUT2D eigenvalue weighted by Crippen LogP contribution is 2.33. The molecule has 0 aromatic carbocycles. The summed E-state index contributed by atoms with van der Waals surface area (Å²) < 4.78 is 5.77. The molecule has 2 aliphatic heterocycles. The highest BCUT2D eigenvalue weighted by molar-refractivity contribution is 6.07. The molecule has 0 N–H and O–H groups in total. The largest absolute Gasteiger partial charge is 0.343 e. The number of allylic oxidation sites excluding steroid dienone is 3. The van der Waals surface area contributed by atoms with E-state index in [1.165, 1.54) is 0 Å². The first kappa shape index (κ1) is 7.88. The van der Waals surface area contributed by atoms with E-state index in [-0.39, 0.29) is 0 Å². The molecule has 70 valence electrons. The van der Waals surface area contributed by atoms with E-state index in [4.69, 9.17) is 4.74 Å². The lowest BCUT2D eigenvalue weighted by Crippen LogP contribution is -2.46. The number of hydrogen-bond acceptors (Lipinski definition) is 3. The highest BCUT2D eigenvalue weighted by atomic mass is 16.5. The topological polar surface area (TPSA) is 34.0 Å². The van der Waals surface area contributed by atoms with Crippen LogP contribution in [0, 0.1) is 0 Å². The number of dihydropyridines is 1. The number of aliphatic imine (C=N–C) groups is 2. The molecule has 0 saturated heterocycles. The normalized spacial score (nSPS) is 33.1. The van der Waals surface area contributed by atoms with Crippen LogP contribution in [-0.4, -0.2) is 30.8 Å². The molecule has 0 aromatic rings. The average Bonchev–Trinajstić information content (AvgIpc) is 2.26.